The van der Waals surface area contributed by atoms with Crippen LogP contribution in [0.1, 0.15) is 15.9 Å². The SMILES string of the molecule is COc1cccc(CC(=O)N2CCN(C(=O)c3cc(F)cc(F)c3)CC2)c1. The maximum Gasteiger partial charge on any atom is 0.254 e. The number of carbonyl (C=O) groups excluding carboxylic acids is 2. The van der Waals surface area contributed by atoms with Gasteiger partial charge in [-0.25, -0.2) is 8.78 Å². The molecule has 0 spiro atoms. The van der Waals surface area contributed by atoms with E-state index in [1.54, 1.807) is 12.0 Å². The Bertz CT molecular complexity index is 829. The van der Waals surface area contributed by atoms with Crippen LogP contribution in [0.4, 0.5) is 8.78 Å². The molecule has 0 aromatic heterocycles. The number of rotatable bonds is 4. The van der Waals surface area contributed by atoms with Crippen LogP contribution >= 0.6 is 0 Å². The fourth-order valence-electron chi connectivity index (χ4n) is 3.09. The molecule has 0 N–H and O–H groups in total. The third-order valence-electron chi connectivity index (χ3n) is 4.52. The molecule has 0 unspecified atom stereocenters. The molecule has 7 heteroatoms. The van der Waals surface area contributed by atoms with Gasteiger partial charge in [-0.05, 0) is 29.8 Å². The summed E-state index contributed by atoms with van der Waals surface area (Å²) in [6.45, 7) is 1.40. The zero-order valence-corrected chi connectivity index (χ0v) is 15.0. The predicted octanol–water partition coefficient (Wildman–Crippen LogP) is 2.50. The van der Waals surface area contributed by atoms with Crippen LogP contribution < -0.4 is 4.74 Å². The monoisotopic (exact) mass is 374 g/mol. The zero-order valence-electron chi connectivity index (χ0n) is 15.0. The number of ether oxygens (including phenoxy) is 1. The Kier molecular flexibility index (Phi) is 5.69. The van der Waals surface area contributed by atoms with Gasteiger partial charge in [0.2, 0.25) is 5.91 Å². The number of methoxy groups -OCH3 is 1. The average molecular weight is 374 g/mol. The highest BCUT2D eigenvalue weighted by Gasteiger charge is 2.25. The van der Waals surface area contributed by atoms with Crippen molar-refractivity contribution in [2.75, 3.05) is 33.3 Å². The van der Waals surface area contributed by atoms with Crippen molar-refractivity contribution in [2.45, 2.75) is 6.42 Å². The molecule has 3 rings (SSSR count). The van der Waals surface area contributed by atoms with E-state index in [-0.39, 0.29) is 17.9 Å². The first-order valence-corrected chi connectivity index (χ1v) is 8.62. The van der Waals surface area contributed by atoms with Crippen molar-refractivity contribution < 1.29 is 23.1 Å². The van der Waals surface area contributed by atoms with Crippen molar-refractivity contribution in [3.8, 4) is 5.75 Å². The summed E-state index contributed by atoms with van der Waals surface area (Å²) < 4.78 is 31.8. The van der Waals surface area contributed by atoms with E-state index in [0.717, 1.165) is 23.8 Å². The summed E-state index contributed by atoms with van der Waals surface area (Å²) in [6.07, 6.45) is 0.250. The highest BCUT2D eigenvalue weighted by atomic mass is 19.1. The third-order valence-corrected chi connectivity index (χ3v) is 4.52. The van der Waals surface area contributed by atoms with E-state index in [0.29, 0.717) is 31.9 Å². The minimum atomic E-state index is -0.787. The molecule has 0 saturated carbocycles. The number of halogens is 2. The van der Waals surface area contributed by atoms with Gasteiger partial charge in [0.25, 0.3) is 5.91 Å². The molecule has 2 aromatic carbocycles. The summed E-state index contributed by atoms with van der Waals surface area (Å²) in [5.41, 5.74) is 0.830. The molecule has 1 aliphatic heterocycles. The second kappa shape index (κ2) is 8.16. The van der Waals surface area contributed by atoms with Crippen molar-refractivity contribution in [2.24, 2.45) is 0 Å². The first-order chi connectivity index (χ1) is 13.0. The highest BCUT2D eigenvalue weighted by Crippen LogP contribution is 2.16. The average Bonchev–Trinajstić information content (AvgIpc) is 2.67. The smallest absolute Gasteiger partial charge is 0.254 e. The molecular weight excluding hydrogens is 354 g/mol. The minimum Gasteiger partial charge on any atom is -0.497 e. The Morgan fingerprint density at radius 3 is 2.22 bits per heavy atom. The van der Waals surface area contributed by atoms with Crippen LogP contribution in [0, 0.1) is 11.6 Å². The predicted molar refractivity (Wildman–Crippen MR) is 95.5 cm³/mol. The summed E-state index contributed by atoms with van der Waals surface area (Å²) in [4.78, 5) is 28.1. The standard InChI is InChI=1S/C20H20F2N2O3/c1-27-18-4-2-3-14(9-18)10-19(25)23-5-7-24(8-6-23)20(26)15-11-16(21)13-17(22)12-15/h2-4,9,11-13H,5-8,10H2,1H3. The van der Waals surface area contributed by atoms with E-state index < -0.39 is 17.5 Å². The fraction of sp³-hybridized carbons (Fsp3) is 0.300. The second-order valence-corrected chi connectivity index (χ2v) is 6.36. The number of hydrogen-bond donors (Lipinski definition) is 0. The van der Waals surface area contributed by atoms with Gasteiger partial charge in [0.15, 0.2) is 0 Å². The minimum absolute atomic E-state index is 0.0244. The van der Waals surface area contributed by atoms with Gasteiger partial charge in [-0.15, -0.1) is 0 Å². The van der Waals surface area contributed by atoms with Crippen LogP contribution in [0.25, 0.3) is 0 Å². The van der Waals surface area contributed by atoms with E-state index in [4.69, 9.17) is 4.74 Å². The molecule has 2 aromatic rings. The Hall–Kier alpha value is -2.96. The van der Waals surface area contributed by atoms with E-state index in [9.17, 15) is 18.4 Å². The van der Waals surface area contributed by atoms with Gasteiger partial charge in [0.05, 0.1) is 13.5 Å². The van der Waals surface area contributed by atoms with Crippen molar-refractivity contribution >= 4 is 11.8 Å². The molecule has 1 saturated heterocycles. The Morgan fingerprint density at radius 1 is 0.963 bits per heavy atom. The second-order valence-electron chi connectivity index (χ2n) is 6.36. The largest absolute Gasteiger partial charge is 0.497 e. The van der Waals surface area contributed by atoms with Crippen molar-refractivity contribution in [3.05, 3.63) is 65.2 Å². The number of nitrogens with zero attached hydrogens (tertiary/aromatic N) is 2. The van der Waals surface area contributed by atoms with Gasteiger partial charge in [0.1, 0.15) is 17.4 Å². The molecule has 5 nitrogen and oxygen atoms in total. The molecule has 1 fully saturated rings. The van der Waals surface area contributed by atoms with Crippen molar-refractivity contribution in [1.82, 2.24) is 9.80 Å². The highest BCUT2D eigenvalue weighted by molar-refractivity contribution is 5.94. The molecule has 1 heterocycles. The van der Waals surface area contributed by atoms with Crippen LogP contribution in [-0.4, -0.2) is 54.9 Å². The normalized spacial score (nSPS) is 14.2. The van der Waals surface area contributed by atoms with Gasteiger partial charge in [-0.2, -0.15) is 0 Å². The molecular formula is C20H20F2N2O3. The number of amides is 2. The van der Waals surface area contributed by atoms with Gasteiger partial charge in [-0.1, -0.05) is 12.1 Å². The number of piperazine rings is 1. The van der Waals surface area contributed by atoms with Gasteiger partial charge >= 0.3 is 0 Å². The molecule has 142 valence electrons. The summed E-state index contributed by atoms with van der Waals surface area (Å²) in [5.74, 6) is -1.35. The molecule has 0 bridgehead atoms. The van der Waals surface area contributed by atoms with Crippen LogP contribution in [0.2, 0.25) is 0 Å². The fourth-order valence-corrected chi connectivity index (χ4v) is 3.09. The topological polar surface area (TPSA) is 49.9 Å². The lowest BCUT2D eigenvalue weighted by molar-refractivity contribution is -0.131. The van der Waals surface area contributed by atoms with Crippen LogP contribution in [0.15, 0.2) is 42.5 Å². The Morgan fingerprint density at radius 2 is 1.59 bits per heavy atom. The molecule has 0 aliphatic carbocycles. The molecule has 27 heavy (non-hydrogen) atoms. The number of benzene rings is 2. The summed E-state index contributed by atoms with van der Waals surface area (Å²) in [5, 5.41) is 0. The van der Waals surface area contributed by atoms with Gasteiger partial charge in [-0.3, -0.25) is 9.59 Å². The van der Waals surface area contributed by atoms with Gasteiger partial charge in [0, 0.05) is 37.8 Å². The zero-order chi connectivity index (χ0) is 19.4. The summed E-state index contributed by atoms with van der Waals surface area (Å²) in [6, 6.07) is 10.1. The Labute approximate surface area is 156 Å². The van der Waals surface area contributed by atoms with Crippen LogP contribution in [0.3, 0.4) is 0 Å². The lowest BCUT2D eigenvalue weighted by Gasteiger charge is -2.35. The van der Waals surface area contributed by atoms with Crippen LogP contribution in [-0.2, 0) is 11.2 Å². The summed E-state index contributed by atoms with van der Waals surface area (Å²) in [7, 11) is 1.57. The van der Waals surface area contributed by atoms with Crippen molar-refractivity contribution in [1.29, 1.82) is 0 Å². The molecule has 0 atom stereocenters. The third kappa shape index (κ3) is 4.61. The molecule has 0 radical (unpaired) electrons. The maximum atomic E-state index is 13.3. The van der Waals surface area contributed by atoms with E-state index in [2.05, 4.69) is 0 Å². The maximum absolute atomic E-state index is 13.3. The molecule has 1 aliphatic rings. The lowest BCUT2D eigenvalue weighted by Crippen LogP contribution is -2.51. The van der Waals surface area contributed by atoms with Gasteiger partial charge < -0.3 is 14.5 Å². The number of carbonyl (C=O) groups is 2. The number of hydrogen-bond acceptors (Lipinski definition) is 3. The quantitative estimate of drug-likeness (QED) is 0.826. The first kappa shape index (κ1) is 18.8. The van der Waals surface area contributed by atoms with Crippen LogP contribution in [0.5, 0.6) is 5.75 Å². The van der Waals surface area contributed by atoms with Crippen molar-refractivity contribution in [3.63, 3.8) is 0 Å². The molecule has 2 amide bonds. The van der Waals surface area contributed by atoms with E-state index in [1.165, 1.54) is 4.90 Å². The summed E-state index contributed by atoms with van der Waals surface area (Å²) >= 11 is 0. The van der Waals surface area contributed by atoms with E-state index >= 15 is 0 Å². The lowest BCUT2D eigenvalue weighted by atomic mass is 10.1. The Balaban J connectivity index is 1.57. The first-order valence-electron chi connectivity index (χ1n) is 8.62. The van der Waals surface area contributed by atoms with E-state index in [1.807, 2.05) is 24.3 Å².